The van der Waals surface area contributed by atoms with Crippen LogP contribution < -0.4 is 16.0 Å². The highest BCUT2D eigenvalue weighted by molar-refractivity contribution is 6.00. The first-order valence-corrected chi connectivity index (χ1v) is 9.78. The minimum atomic E-state index is -1.30. The molecule has 1 heterocycles. The Balaban J connectivity index is 1.79. The van der Waals surface area contributed by atoms with Crippen molar-refractivity contribution in [1.29, 1.82) is 0 Å². The summed E-state index contributed by atoms with van der Waals surface area (Å²) in [5.74, 6) is -0.749. The number of amides is 3. The summed E-state index contributed by atoms with van der Waals surface area (Å²) in [6.45, 7) is 2.45. The van der Waals surface area contributed by atoms with Crippen LogP contribution in [0.25, 0.3) is 0 Å². The molecule has 0 aliphatic carbocycles. The van der Waals surface area contributed by atoms with Crippen LogP contribution in [0.15, 0.2) is 77.4 Å². The molecule has 8 heteroatoms. The van der Waals surface area contributed by atoms with Gasteiger partial charge in [-0.05, 0) is 31.2 Å². The van der Waals surface area contributed by atoms with Crippen LogP contribution in [0.1, 0.15) is 34.7 Å². The summed E-state index contributed by atoms with van der Waals surface area (Å²) in [7, 11) is 0. The maximum absolute atomic E-state index is 13.0. The zero-order chi connectivity index (χ0) is 22.1. The number of para-hydroxylation sites is 1. The fourth-order valence-corrected chi connectivity index (χ4v) is 2.86. The van der Waals surface area contributed by atoms with Crippen molar-refractivity contribution >= 4 is 23.6 Å². The van der Waals surface area contributed by atoms with Gasteiger partial charge in [-0.2, -0.15) is 0 Å². The molecule has 1 aromatic heterocycles. The van der Waals surface area contributed by atoms with E-state index in [2.05, 4.69) is 16.0 Å². The van der Waals surface area contributed by atoms with Gasteiger partial charge in [0.25, 0.3) is 5.91 Å². The number of urea groups is 1. The number of esters is 1. The number of benzene rings is 2. The van der Waals surface area contributed by atoms with Crippen molar-refractivity contribution in [3.05, 3.63) is 89.9 Å². The van der Waals surface area contributed by atoms with Gasteiger partial charge in [-0.1, -0.05) is 42.5 Å². The van der Waals surface area contributed by atoms with Crippen LogP contribution in [0.2, 0.25) is 0 Å². The average Bonchev–Trinajstić information content (AvgIpc) is 3.30. The molecule has 0 spiro atoms. The molecule has 3 amide bonds. The molecule has 3 N–H and O–H groups in total. The van der Waals surface area contributed by atoms with Crippen LogP contribution in [-0.4, -0.2) is 24.5 Å². The third kappa shape index (κ3) is 5.96. The van der Waals surface area contributed by atoms with Crippen molar-refractivity contribution in [3.8, 4) is 0 Å². The number of imide groups is 1. The quantitative estimate of drug-likeness (QED) is 0.479. The van der Waals surface area contributed by atoms with Crippen molar-refractivity contribution in [3.63, 3.8) is 0 Å². The van der Waals surface area contributed by atoms with E-state index in [1.807, 2.05) is 6.07 Å². The molecule has 0 saturated heterocycles. The summed E-state index contributed by atoms with van der Waals surface area (Å²) in [6, 6.07) is 18.2. The molecule has 160 valence electrons. The Morgan fingerprint density at radius 2 is 1.71 bits per heavy atom. The third-order valence-electron chi connectivity index (χ3n) is 4.32. The Morgan fingerprint density at radius 3 is 2.42 bits per heavy atom. The number of nitrogens with one attached hydrogen (secondary N) is 3. The molecule has 31 heavy (non-hydrogen) atoms. The van der Waals surface area contributed by atoms with Crippen molar-refractivity contribution in [1.82, 2.24) is 10.6 Å². The fourth-order valence-electron chi connectivity index (χ4n) is 2.86. The van der Waals surface area contributed by atoms with E-state index in [9.17, 15) is 14.4 Å². The van der Waals surface area contributed by atoms with Crippen LogP contribution in [0.4, 0.5) is 10.5 Å². The van der Waals surface area contributed by atoms with Crippen LogP contribution in [0, 0.1) is 0 Å². The molecule has 8 nitrogen and oxygen atoms in total. The van der Waals surface area contributed by atoms with E-state index >= 15 is 0 Å². The Bertz CT molecular complexity index is 1020. The van der Waals surface area contributed by atoms with Crippen molar-refractivity contribution < 1.29 is 23.5 Å². The van der Waals surface area contributed by atoms with E-state index in [0.29, 0.717) is 30.1 Å². The Kier molecular flexibility index (Phi) is 7.42. The van der Waals surface area contributed by atoms with E-state index in [0.717, 1.165) is 0 Å². The lowest BCUT2D eigenvalue weighted by atomic mass is 10.1. The van der Waals surface area contributed by atoms with Gasteiger partial charge in [0.2, 0.25) is 6.10 Å². The summed E-state index contributed by atoms with van der Waals surface area (Å²) in [4.78, 5) is 37.4. The maximum Gasteiger partial charge on any atom is 0.341 e. The number of rotatable bonds is 8. The Labute approximate surface area is 179 Å². The van der Waals surface area contributed by atoms with Crippen LogP contribution in [0.3, 0.4) is 0 Å². The van der Waals surface area contributed by atoms with Crippen LogP contribution in [0.5, 0.6) is 0 Å². The highest BCUT2D eigenvalue weighted by atomic mass is 16.5. The van der Waals surface area contributed by atoms with Gasteiger partial charge < -0.3 is 19.8 Å². The summed E-state index contributed by atoms with van der Waals surface area (Å²) in [5.41, 5.74) is 1.22. The molecule has 0 aliphatic heterocycles. The highest BCUT2D eigenvalue weighted by Gasteiger charge is 2.27. The van der Waals surface area contributed by atoms with Crippen molar-refractivity contribution in [2.45, 2.75) is 19.6 Å². The zero-order valence-electron chi connectivity index (χ0n) is 17.0. The molecule has 0 aliphatic rings. The molecular weight excluding hydrogens is 398 g/mol. The van der Waals surface area contributed by atoms with Crippen molar-refractivity contribution in [2.24, 2.45) is 0 Å². The van der Waals surface area contributed by atoms with Gasteiger partial charge >= 0.3 is 12.0 Å². The van der Waals surface area contributed by atoms with E-state index < -0.39 is 24.0 Å². The second-order valence-electron chi connectivity index (χ2n) is 6.52. The van der Waals surface area contributed by atoms with Gasteiger partial charge in [-0.15, -0.1) is 0 Å². The predicted molar refractivity (Wildman–Crippen MR) is 114 cm³/mol. The molecule has 0 saturated carbocycles. The largest absolute Gasteiger partial charge is 0.467 e. The smallest absolute Gasteiger partial charge is 0.341 e. The van der Waals surface area contributed by atoms with E-state index in [1.54, 1.807) is 73.9 Å². The fraction of sp³-hybridized carbons (Fsp3) is 0.174. The normalized spacial score (nSPS) is 11.3. The lowest BCUT2D eigenvalue weighted by molar-refractivity contribution is -0.129. The number of anilines is 1. The van der Waals surface area contributed by atoms with Crippen LogP contribution in [-0.2, 0) is 16.1 Å². The molecule has 3 rings (SSSR count). The number of ether oxygens (including phenoxy) is 1. The van der Waals surface area contributed by atoms with Gasteiger partial charge in [0.1, 0.15) is 5.76 Å². The summed E-state index contributed by atoms with van der Waals surface area (Å²) in [5, 5.41) is 7.81. The number of carbonyl (C=O) groups is 3. The minimum Gasteiger partial charge on any atom is -0.467 e. The van der Waals surface area contributed by atoms with Crippen LogP contribution >= 0.6 is 0 Å². The summed E-state index contributed by atoms with van der Waals surface area (Å²) >= 11 is 0. The average molecular weight is 421 g/mol. The van der Waals surface area contributed by atoms with Crippen molar-refractivity contribution in [2.75, 3.05) is 11.9 Å². The molecule has 0 radical (unpaired) electrons. The lowest BCUT2D eigenvalue weighted by Gasteiger charge is -2.19. The molecular formula is C23H23N3O5. The van der Waals surface area contributed by atoms with E-state index in [1.165, 1.54) is 0 Å². The Hall–Kier alpha value is -4.07. The molecule has 1 atom stereocenters. The molecule has 2 aromatic carbocycles. The SMILES string of the molecule is CCNC(=O)NC(=O)[C@@H](OC(=O)c1ccccc1NCc1ccco1)c1ccccc1. The molecule has 0 bridgehead atoms. The number of furan rings is 1. The van der Waals surface area contributed by atoms with Gasteiger partial charge in [0.05, 0.1) is 18.4 Å². The van der Waals surface area contributed by atoms with E-state index in [4.69, 9.17) is 9.15 Å². The first kappa shape index (κ1) is 21.6. The molecule has 0 fully saturated rings. The summed E-state index contributed by atoms with van der Waals surface area (Å²) < 4.78 is 10.8. The van der Waals surface area contributed by atoms with E-state index in [-0.39, 0.29) is 5.56 Å². The number of carbonyl (C=O) groups excluding carboxylic acids is 3. The van der Waals surface area contributed by atoms with Gasteiger partial charge in [0.15, 0.2) is 0 Å². The first-order valence-electron chi connectivity index (χ1n) is 9.78. The third-order valence-corrected chi connectivity index (χ3v) is 4.32. The molecule has 0 unspecified atom stereocenters. The first-order chi connectivity index (χ1) is 15.1. The monoisotopic (exact) mass is 421 g/mol. The minimum absolute atomic E-state index is 0.251. The second-order valence-corrected chi connectivity index (χ2v) is 6.52. The number of hydrogen-bond acceptors (Lipinski definition) is 6. The maximum atomic E-state index is 13.0. The lowest BCUT2D eigenvalue weighted by Crippen LogP contribution is -2.42. The van der Waals surface area contributed by atoms with Gasteiger partial charge in [0, 0.05) is 17.8 Å². The highest BCUT2D eigenvalue weighted by Crippen LogP contribution is 2.23. The van der Waals surface area contributed by atoms with Gasteiger partial charge in [-0.3, -0.25) is 10.1 Å². The molecule has 3 aromatic rings. The topological polar surface area (TPSA) is 110 Å². The predicted octanol–water partition coefficient (Wildman–Crippen LogP) is 3.64. The second kappa shape index (κ2) is 10.6. The number of hydrogen-bond donors (Lipinski definition) is 3. The standard InChI is InChI=1S/C23H23N3O5/c1-2-24-23(29)26-21(27)20(16-9-4-3-5-10-16)31-22(28)18-12-6-7-13-19(18)25-15-17-11-8-14-30-17/h3-14,20,25H,2,15H2,1H3,(H2,24,26,27,29)/t20-/m0/s1. The Morgan fingerprint density at radius 1 is 0.968 bits per heavy atom. The zero-order valence-corrected chi connectivity index (χ0v) is 17.0. The van der Waals surface area contributed by atoms with Gasteiger partial charge in [-0.25, -0.2) is 9.59 Å². The summed E-state index contributed by atoms with van der Waals surface area (Å²) in [6.07, 6.45) is 0.268.